The number of aromatic nitrogens is 1. The Kier molecular flexibility index (Phi) is 2.40. The van der Waals surface area contributed by atoms with E-state index in [-0.39, 0.29) is 0 Å². The van der Waals surface area contributed by atoms with Gasteiger partial charge < -0.3 is 0 Å². The monoisotopic (exact) mass is 156 g/mol. The second-order valence-corrected chi connectivity index (χ2v) is 2.32. The molecule has 3 heteroatoms. The largest absolute Gasteiger partial charge is 0.296 e. The lowest BCUT2D eigenvalue weighted by Crippen LogP contribution is -2.32. The van der Waals surface area contributed by atoms with E-state index in [1.807, 2.05) is 0 Å². The number of rotatable bonds is 2. The maximum absolute atomic E-state index is 10.0. The highest BCUT2D eigenvalue weighted by atomic mass is 35.5. The Bertz CT molecular complexity index is 220. The second-order valence-electron chi connectivity index (χ2n) is 1.88. The number of aldehydes is 1. The van der Waals surface area contributed by atoms with Gasteiger partial charge in [-0.05, 0) is 0 Å². The van der Waals surface area contributed by atoms with Crippen LogP contribution in [0.5, 0.6) is 0 Å². The minimum atomic E-state index is 0.386. The van der Waals surface area contributed by atoms with Crippen molar-refractivity contribution in [2.75, 3.05) is 0 Å². The van der Waals surface area contributed by atoms with Gasteiger partial charge in [-0.2, -0.15) is 4.57 Å². The minimum Gasteiger partial charge on any atom is -0.296 e. The predicted octanol–water partition coefficient (Wildman–Crippen LogP) is 0.826. The zero-order valence-corrected chi connectivity index (χ0v) is 6.08. The molecule has 52 valence electrons. The summed E-state index contributed by atoms with van der Waals surface area (Å²) in [4.78, 5) is 10.0. The van der Waals surface area contributed by atoms with Crippen LogP contribution >= 0.6 is 11.6 Å². The van der Waals surface area contributed by atoms with Gasteiger partial charge in [-0.1, -0.05) is 11.6 Å². The second kappa shape index (κ2) is 3.32. The molecule has 0 N–H and O–H groups in total. The van der Waals surface area contributed by atoms with Crippen molar-refractivity contribution in [3.63, 3.8) is 0 Å². The maximum atomic E-state index is 10.0. The molecule has 0 aliphatic heterocycles. The number of hydrogen-bond acceptors (Lipinski definition) is 1. The van der Waals surface area contributed by atoms with Crippen molar-refractivity contribution in [2.24, 2.45) is 0 Å². The molecule has 1 heterocycles. The number of hydrogen-bond donors (Lipinski definition) is 0. The van der Waals surface area contributed by atoms with Crippen LogP contribution in [0.3, 0.4) is 0 Å². The summed E-state index contributed by atoms with van der Waals surface area (Å²) in [5, 5.41) is 0.683. The summed E-state index contributed by atoms with van der Waals surface area (Å²) in [6.45, 7) is 0.386. The average molecular weight is 157 g/mol. The van der Waals surface area contributed by atoms with Gasteiger partial charge >= 0.3 is 0 Å². The molecule has 0 fully saturated rings. The highest BCUT2D eigenvalue weighted by molar-refractivity contribution is 6.30. The lowest BCUT2D eigenvalue weighted by atomic mass is 10.5. The molecule has 0 aliphatic carbocycles. The quantitative estimate of drug-likeness (QED) is 0.459. The Morgan fingerprint density at radius 3 is 2.60 bits per heavy atom. The van der Waals surface area contributed by atoms with Crippen molar-refractivity contribution in [3.8, 4) is 0 Å². The van der Waals surface area contributed by atoms with Gasteiger partial charge in [0.1, 0.15) is 0 Å². The topological polar surface area (TPSA) is 20.9 Å². The van der Waals surface area contributed by atoms with Crippen molar-refractivity contribution in [1.82, 2.24) is 0 Å². The van der Waals surface area contributed by atoms with Crippen molar-refractivity contribution in [3.05, 3.63) is 29.5 Å². The van der Waals surface area contributed by atoms with E-state index in [9.17, 15) is 4.79 Å². The van der Waals surface area contributed by atoms with Gasteiger partial charge in [-0.15, -0.1) is 0 Å². The van der Waals surface area contributed by atoms with Crippen LogP contribution in [0, 0.1) is 0 Å². The van der Waals surface area contributed by atoms with Crippen LogP contribution in [-0.2, 0) is 11.3 Å². The fourth-order valence-corrected chi connectivity index (χ4v) is 0.760. The van der Waals surface area contributed by atoms with Gasteiger partial charge in [0, 0.05) is 12.1 Å². The Morgan fingerprint density at radius 1 is 1.50 bits per heavy atom. The first kappa shape index (κ1) is 7.22. The van der Waals surface area contributed by atoms with E-state index in [1.165, 1.54) is 0 Å². The molecular weight excluding hydrogens is 150 g/mol. The lowest BCUT2D eigenvalue weighted by molar-refractivity contribution is -0.682. The zero-order chi connectivity index (χ0) is 7.40. The van der Waals surface area contributed by atoms with Gasteiger partial charge in [0.05, 0.1) is 5.02 Å². The molecule has 0 bridgehead atoms. The van der Waals surface area contributed by atoms with Gasteiger partial charge in [0.2, 0.25) is 6.54 Å². The lowest BCUT2D eigenvalue weighted by Gasteiger charge is -1.87. The van der Waals surface area contributed by atoms with E-state index in [1.54, 1.807) is 29.1 Å². The number of halogens is 1. The Balaban J connectivity index is 2.78. The SMILES string of the molecule is O=CC[n+]1ccc(Cl)cc1. The first-order chi connectivity index (χ1) is 4.83. The van der Waals surface area contributed by atoms with Gasteiger partial charge in [-0.3, -0.25) is 4.79 Å². The molecule has 1 aromatic rings. The molecule has 0 unspecified atom stereocenters. The zero-order valence-electron chi connectivity index (χ0n) is 5.33. The Morgan fingerprint density at radius 2 is 2.10 bits per heavy atom. The summed E-state index contributed by atoms with van der Waals surface area (Å²) in [6.07, 6.45) is 4.36. The van der Waals surface area contributed by atoms with E-state index in [4.69, 9.17) is 11.6 Å². The molecule has 0 saturated heterocycles. The summed E-state index contributed by atoms with van der Waals surface area (Å²) in [5.74, 6) is 0. The van der Waals surface area contributed by atoms with Crippen LogP contribution in [0.4, 0.5) is 0 Å². The van der Waals surface area contributed by atoms with Crippen molar-refractivity contribution in [2.45, 2.75) is 6.54 Å². The normalized spacial score (nSPS) is 9.30. The first-order valence-corrected chi connectivity index (χ1v) is 3.29. The standard InChI is InChI=1S/C7H7ClNO/c8-7-1-3-9(4-2-7)5-6-10/h1-4,6H,5H2/q+1. The third-order valence-electron chi connectivity index (χ3n) is 1.14. The van der Waals surface area contributed by atoms with E-state index < -0.39 is 0 Å². The summed E-state index contributed by atoms with van der Waals surface area (Å²) in [7, 11) is 0. The van der Waals surface area contributed by atoms with Crippen molar-refractivity contribution >= 4 is 17.9 Å². The van der Waals surface area contributed by atoms with Gasteiger partial charge in [0.25, 0.3) is 0 Å². The fourth-order valence-electron chi connectivity index (χ4n) is 0.647. The van der Waals surface area contributed by atoms with Crippen LogP contribution in [0.1, 0.15) is 0 Å². The molecule has 0 amide bonds. The van der Waals surface area contributed by atoms with Crippen molar-refractivity contribution < 1.29 is 9.36 Å². The molecular formula is C7H7ClNO+. The van der Waals surface area contributed by atoms with E-state index in [2.05, 4.69) is 0 Å². The molecule has 0 aliphatic rings. The number of pyridine rings is 1. The summed E-state index contributed by atoms with van der Waals surface area (Å²) >= 11 is 5.61. The average Bonchev–Trinajstić information content (AvgIpc) is 1.95. The third kappa shape index (κ3) is 1.81. The fraction of sp³-hybridized carbons (Fsp3) is 0.143. The van der Waals surface area contributed by atoms with E-state index in [0.717, 1.165) is 6.29 Å². The van der Waals surface area contributed by atoms with Crippen LogP contribution in [0.2, 0.25) is 5.02 Å². The highest BCUT2D eigenvalue weighted by Crippen LogP contribution is 2.01. The van der Waals surface area contributed by atoms with Crippen LogP contribution < -0.4 is 4.57 Å². The summed E-state index contributed by atoms with van der Waals surface area (Å²) in [6, 6.07) is 3.48. The smallest absolute Gasteiger partial charge is 0.203 e. The molecule has 0 radical (unpaired) electrons. The number of nitrogens with zero attached hydrogens (tertiary/aromatic N) is 1. The predicted molar refractivity (Wildman–Crippen MR) is 37.7 cm³/mol. The van der Waals surface area contributed by atoms with Gasteiger partial charge in [-0.25, -0.2) is 0 Å². The third-order valence-corrected chi connectivity index (χ3v) is 1.39. The highest BCUT2D eigenvalue weighted by Gasteiger charge is 1.95. The Hall–Kier alpha value is -0.890. The first-order valence-electron chi connectivity index (χ1n) is 2.91. The molecule has 0 aromatic carbocycles. The van der Waals surface area contributed by atoms with Gasteiger partial charge in [0.15, 0.2) is 18.7 Å². The Labute approximate surface area is 64.1 Å². The molecule has 1 rings (SSSR count). The molecule has 0 saturated carbocycles. The molecule has 0 atom stereocenters. The summed E-state index contributed by atoms with van der Waals surface area (Å²) in [5.41, 5.74) is 0. The molecule has 0 spiro atoms. The van der Waals surface area contributed by atoms with Crippen LogP contribution in [-0.4, -0.2) is 6.29 Å². The summed E-state index contributed by atoms with van der Waals surface area (Å²) < 4.78 is 1.75. The van der Waals surface area contributed by atoms with E-state index in [0.29, 0.717) is 11.6 Å². The van der Waals surface area contributed by atoms with E-state index >= 15 is 0 Å². The molecule has 10 heavy (non-hydrogen) atoms. The number of carbonyl (C=O) groups excluding carboxylic acids is 1. The van der Waals surface area contributed by atoms with Crippen LogP contribution in [0.25, 0.3) is 0 Å². The number of carbonyl (C=O) groups is 1. The maximum Gasteiger partial charge on any atom is 0.203 e. The van der Waals surface area contributed by atoms with Crippen LogP contribution in [0.15, 0.2) is 24.5 Å². The molecule has 1 aromatic heterocycles. The minimum absolute atomic E-state index is 0.386. The molecule has 2 nitrogen and oxygen atoms in total. The van der Waals surface area contributed by atoms with Crippen molar-refractivity contribution in [1.29, 1.82) is 0 Å².